The minimum atomic E-state index is -0.901. The summed E-state index contributed by atoms with van der Waals surface area (Å²) in [5.74, 6) is -1.99. The molecule has 2 fully saturated rings. The zero-order valence-corrected chi connectivity index (χ0v) is 18.4. The van der Waals surface area contributed by atoms with Crippen LogP contribution in [0.1, 0.15) is 18.4 Å². The molecule has 3 atom stereocenters. The Kier molecular flexibility index (Phi) is 5.92. The summed E-state index contributed by atoms with van der Waals surface area (Å²) in [7, 11) is 0. The van der Waals surface area contributed by atoms with Crippen LogP contribution >= 0.6 is 15.9 Å². The van der Waals surface area contributed by atoms with Crippen LogP contribution in [-0.4, -0.2) is 51.9 Å². The van der Waals surface area contributed by atoms with Crippen LogP contribution in [0.2, 0.25) is 0 Å². The average molecular weight is 503 g/mol. The molecule has 5 N–H and O–H groups in total. The number of nitrogens with zero attached hydrogens (tertiary/aromatic N) is 2. The third-order valence-electron chi connectivity index (χ3n) is 5.67. The van der Waals surface area contributed by atoms with Crippen molar-refractivity contribution in [2.75, 3.05) is 17.2 Å². The second kappa shape index (κ2) is 8.65. The number of nitrogens with two attached hydrogens (primary N) is 1. The van der Waals surface area contributed by atoms with Gasteiger partial charge in [0.25, 0.3) is 5.91 Å². The summed E-state index contributed by atoms with van der Waals surface area (Å²) < 4.78 is 14.5. The van der Waals surface area contributed by atoms with Gasteiger partial charge in [0, 0.05) is 17.8 Å². The van der Waals surface area contributed by atoms with Crippen LogP contribution in [0.3, 0.4) is 0 Å². The van der Waals surface area contributed by atoms with E-state index in [2.05, 4.69) is 31.5 Å². The Hall–Kier alpha value is -3.34. The lowest BCUT2D eigenvalue weighted by Gasteiger charge is -2.27. The number of benzene rings is 1. The van der Waals surface area contributed by atoms with Crippen molar-refractivity contribution in [2.45, 2.75) is 24.9 Å². The standard InChI is InChI=1S/C21H20BrFN6O3/c22-12-2-1-3-13(18(12)23)28-21(32)16-7-10-6-15(10)29(16)17(30)9-27-14-8-26-5-4-11(14)19(24)20(25)31/h1-5,8,10,15-16,24,27H,6-7,9H2,(H2,25,31)(H,28,32)/t10-,15-,16+/m1/s1. The van der Waals surface area contributed by atoms with Crippen molar-refractivity contribution in [3.63, 3.8) is 0 Å². The van der Waals surface area contributed by atoms with E-state index >= 15 is 0 Å². The molecule has 1 aliphatic carbocycles. The van der Waals surface area contributed by atoms with Crippen LogP contribution in [0.15, 0.2) is 41.1 Å². The van der Waals surface area contributed by atoms with E-state index in [-0.39, 0.29) is 40.1 Å². The molecule has 2 aromatic rings. The summed E-state index contributed by atoms with van der Waals surface area (Å²) >= 11 is 3.09. The molecule has 9 nitrogen and oxygen atoms in total. The highest BCUT2D eigenvalue weighted by Crippen LogP contribution is 2.48. The van der Waals surface area contributed by atoms with Crippen molar-refractivity contribution in [3.8, 4) is 0 Å². The first-order valence-electron chi connectivity index (χ1n) is 9.90. The number of fused-ring (bicyclic) bond motifs is 1. The maximum absolute atomic E-state index is 14.3. The molecule has 3 amide bonds. The molecule has 1 aromatic carbocycles. The van der Waals surface area contributed by atoms with E-state index in [1.807, 2.05) is 0 Å². The number of anilines is 2. The first kappa shape index (κ1) is 21.9. The van der Waals surface area contributed by atoms with Gasteiger partial charge in [-0.1, -0.05) is 6.07 Å². The molecule has 1 aliphatic heterocycles. The van der Waals surface area contributed by atoms with Crippen LogP contribution in [0, 0.1) is 17.1 Å². The number of pyridine rings is 1. The van der Waals surface area contributed by atoms with E-state index in [0.29, 0.717) is 12.1 Å². The average Bonchev–Trinajstić information content (AvgIpc) is 3.44. The number of primary amides is 1. The molecule has 166 valence electrons. The lowest BCUT2D eigenvalue weighted by molar-refractivity contribution is -0.136. The predicted octanol–water partition coefficient (Wildman–Crippen LogP) is 1.88. The highest BCUT2D eigenvalue weighted by atomic mass is 79.9. The third-order valence-corrected chi connectivity index (χ3v) is 6.28. The molecule has 11 heteroatoms. The van der Waals surface area contributed by atoms with Gasteiger partial charge in [-0.25, -0.2) is 4.39 Å². The number of nitrogens with one attached hydrogen (secondary N) is 3. The molecule has 0 spiro atoms. The molecule has 1 aromatic heterocycles. The van der Waals surface area contributed by atoms with Crippen LogP contribution in [-0.2, 0) is 14.4 Å². The van der Waals surface area contributed by atoms with Crippen molar-refractivity contribution in [1.82, 2.24) is 9.88 Å². The lowest BCUT2D eigenvalue weighted by Crippen LogP contribution is -2.47. The van der Waals surface area contributed by atoms with E-state index in [4.69, 9.17) is 11.1 Å². The van der Waals surface area contributed by atoms with E-state index in [0.717, 1.165) is 6.42 Å². The lowest BCUT2D eigenvalue weighted by atomic mass is 10.1. The number of piperidine rings is 1. The fraction of sp³-hybridized carbons (Fsp3) is 0.286. The summed E-state index contributed by atoms with van der Waals surface area (Å²) in [4.78, 5) is 42.7. The second-order valence-electron chi connectivity index (χ2n) is 7.72. The Morgan fingerprint density at radius 2 is 2.03 bits per heavy atom. The van der Waals surface area contributed by atoms with Gasteiger partial charge in [0.1, 0.15) is 11.8 Å². The summed E-state index contributed by atoms with van der Waals surface area (Å²) in [6.45, 7) is -0.164. The van der Waals surface area contributed by atoms with Gasteiger partial charge in [-0.3, -0.25) is 24.8 Å². The molecule has 4 rings (SSSR count). The van der Waals surface area contributed by atoms with Crippen molar-refractivity contribution in [3.05, 3.63) is 52.5 Å². The third kappa shape index (κ3) is 4.20. The molecule has 32 heavy (non-hydrogen) atoms. The van der Waals surface area contributed by atoms with Crippen molar-refractivity contribution >= 4 is 50.7 Å². The van der Waals surface area contributed by atoms with Gasteiger partial charge in [0.15, 0.2) is 5.82 Å². The highest BCUT2D eigenvalue weighted by Gasteiger charge is 2.55. The summed E-state index contributed by atoms with van der Waals surface area (Å²) in [5, 5.41) is 13.3. The zero-order valence-electron chi connectivity index (χ0n) is 16.8. The van der Waals surface area contributed by atoms with E-state index in [1.54, 1.807) is 11.0 Å². The van der Waals surface area contributed by atoms with Crippen molar-refractivity contribution in [2.24, 2.45) is 11.7 Å². The van der Waals surface area contributed by atoms with E-state index in [1.165, 1.54) is 30.6 Å². The zero-order chi connectivity index (χ0) is 23.0. The van der Waals surface area contributed by atoms with Gasteiger partial charge in [0.05, 0.1) is 28.6 Å². The quantitative estimate of drug-likeness (QED) is 0.427. The van der Waals surface area contributed by atoms with Crippen LogP contribution in [0.4, 0.5) is 15.8 Å². The number of hydrogen-bond donors (Lipinski definition) is 4. The molecule has 2 heterocycles. The first-order chi connectivity index (χ1) is 15.3. The minimum absolute atomic E-state index is 0.0234. The number of rotatable bonds is 7. The van der Waals surface area contributed by atoms with E-state index < -0.39 is 29.4 Å². The fourth-order valence-corrected chi connectivity index (χ4v) is 4.38. The largest absolute Gasteiger partial charge is 0.374 e. The molecule has 0 unspecified atom stereocenters. The van der Waals surface area contributed by atoms with Gasteiger partial charge in [-0.15, -0.1) is 0 Å². The number of amides is 3. The second-order valence-corrected chi connectivity index (χ2v) is 8.57. The minimum Gasteiger partial charge on any atom is -0.374 e. The Bertz CT molecular complexity index is 1130. The monoisotopic (exact) mass is 502 g/mol. The summed E-state index contributed by atoms with van der Waals surface area (Å²) in [6.07, 6.45) is 4.15. The fourth-order valence-electron chi connectivity index (χ4n) is 4.01. The van der Waals surface area contributed by atoms with Crippen LogP contribution in [0.5, 0.6) is 0 Å². The van der Waals surface area contributed by atoms with Gasteiger partial charge < -0.3 is 21.3 Å². The Labute approximate surface area is 191 Å². The molecular weight excluding hydrogens is 483 g/mol. The topological polar surface area (TPSA) is 141 Å². The van der Waals surface area contributed by atoms with Crippen molar-refractivity contribution in [1.29, 1.82) is 5.41 Å². The molecule has 0 radical (unpaired) electrons. The number of aromatic nitrogens is 1. The number of carbonyl (C=O) groups is 3. The number of carbonyl (C=O) groups excluding carboxylic acids is 3. The molecule has 1 saturated carbocycles. The SMILES string of the molecule is N=C(C(N)=O)c1ccncc1NCC(=O)N1[C@@H]2C[C@@H]2C[C@H]1C(=O)Nc1cccc(Br)c1F. The maximum Gasteiger partial charge on any atom is 0.267 e. The Morgan fingerprint density at radius 1 is 1.25 bits per heavy atom. The first-order valence-corrected chi connectivity index (χ1v) is 10.7. The van der Waals surface area contributed by atoms with E-state index in [9.17, 15) is 18.8 Å². The van der Waals surface area contributed by atoms with Crippen LogP contribution < -0.4 is 16.4 Å². The highest BCUT2D eigenvalue weighted by molar-refractivity contribution is 9.10. The van der Waals surface area contributed by atoms with Gasteiger partial charge in [0.2, 0.25) is 11.8 Å². The normalized spacial score (nSPS) is 20.9. The maximum atomic E-state index is 14.3. The number of hydrogen-bond acceptors (Lipinski definition) is 6. The summed E-state index contributed by atoms with van der Waals surface area (Å²) in [6, 6.07) is 5.32. The van der Waals surface area contributed by atoms with Gasteiger partial charge >= 0.3 is 0 Å². The Balaban J connectivity index is 1.45. The van der Waals surface area contributed by atoms with Gasteiger partial charge in [-0.2, -0.15) is 0 Å². The molecule has 0 bridgehead atoms. The number of likely N-dealkylation sites (tertiary alicyclic amines) is 1. The molecular formula is C21H20BrFN6O3. The number of halogens is 2. The Morgan fingerprint density at radius 3 is 2.78 bits per heavy atom. The van der Waals surface area contributed by atoms with Crippen LogP contribution in [0.25, 0.3) is 0 Å². The molecule has 2 aliphatic rings. The smallest absolute Gasteiger partial charge is 0.267 e. The summed E-state index contributed by atoms with van der Waals surface area (Å²) in [5.41, 5.74) is 5.37. The molecule has 1 saturated heterocycles. The van der Waals surface area contributed by atoms with Crippen molar-refractivity contribution < 1.29 is 18.8 Å². The van der Waals surface area contributed by atoms with Gasteiger partial charge in [-0.05, 0) is 52.9 Å². The predicted molar refractivity (Wildman–Crippen MR) is 119 cm³/mol.